The first kappa shape index (κ1) is 14.7. The predicted molar refractivity (Wildman–Crippen MR) is 79.4 cm³/mol. The lowest BCUT2D eigenvalue weighted by Crippen LogP contribution is -2.46. The second-order valence-electron chi connectivity index (χ2n) is 5.35. The highest BCUT2D eigenvalue weighted by molar-refractivity contribution is 9.10. The summed E-state index contributed by atoms with van der Waals surface area (Å²) < 4.78 is 2.58. The van der Waals surface area contributed by atoms with Crippen LogP contribution < -0.4 is 5.32 Å². The summed E-state index contributed by atoms with van der Waals surface area (Å²) in [6.07, 6.45) is 8.16. The fourth-order valence-electron chi connectivity index (χ4n) is 3.01. The quantitative estimate of drug-likeness (QED) is 0.845. The van der Waals surface area contributed by atoms with Gasteiger partial charge in [0, 0.05) is 18.5 Å². The molecule has 0 radical (unpaired) electrons. The van der Waals surface area contributed by atoms with E-state index < -0.39 is 0 Å². The van der Waals surface area contributed by atoms with Gasteiger partial charge in [0.25, 0.3) is 0 Å². The Morgan fingerprint density at radius 1 is 1.47 bits per heavy atom. The van der Waals surface area contributed by atoms with Gasteiger partial charge < -0.3 is 5.32 Å². The zero-order valence-electron chi connectivity index (χ0n) is 11.7. The molecule has 1 fully saturated rings. The summed E-state index contributed by atoms with van der Waals surface area (Å²) in [4.78, 5) is 12.6. The number of nitrogens with zero attached hydrogens (tertiary/aromatic N) is 2. The summed E-state index contributed by atoms with van der Waals surface area (Å²) in [6.45, 7) is 2.73. The molecular weight excluding hydrogens is 306 g/mol. The van der Waals surface area contributed by atoms with Gasteiger partial charge in [-0.25, -0.2) is 0 Å². The average molecular weight is 328 g/mol. The predicted octanol–water partition coefficient (Wildman–Crippen LogP) is 3.16. The third-order valence-corrected chi connectivity index (χ3v) is 4.78. The Labute approximate surface area is 123 Å². The molecule has 0 unspecified atom stereocenters. The molecule has 0 aromatic carbocycles. The van der Waals surface area contributed by atoms with E-state index in [9.17, 15) is 4.79 Å². The molecule has 106 valence electrons. The van der Waals surface area contributed by atoms with Gasteiger partial charge in [-0.3, -0.25) is 9.48 Å². The van der Waals surface area contributed by atoms with Gasteiger partial charge in [0.15, 0.2) is 5.78 Å². The number of halogens is 1. The first-order valence-corrected chi connectivity index (χ1v) is 7.84. The number of hydrogen-bond donors (Lipinski definition) is 1. The fraction of sp³-hybridized carbons (Fsp3) is 0.714. The molecule has 0 spiro atoms. The molecule has 1 aromatic rings. The SMILES string of the molecule is CCn1ncc(Br)c1C(=O)CC1(NC)CCCCC1. The highest BCUT2D eigenvalue weighted by Crippen LogP contribution is 2.32. The molecule has 4 nitrogen and oxygen atoms in total. The van der Waals surface area contributed by atoms with E-state index in [1.807, 2.05) is 14.0 Å². The first-order valence-electron chi connectivity index (χ1n) is 7.05. The van der Waals surface area contributed by atoms with Crippen molar-refractivity contribution in [3.8, 4) is 0 Å². The molecule has 1 aliphatic rings. The Morgan fingerprint density at radius 3 is 2.74 bits per heavy atom. The largest absolute Gasteiger partial charge is 0.314 e. The molecular formula is C14H22BrN3O. The Morgan fingerprint density at radius 2 is 2.16 bits per heavy atom. The lowest BCUT2D eigenvalue weighted by atomic mass is 9.78. The molecule has 0 saturated heterocycles. The van der Waals surface area contributed by atoms with Crippen LogP contribution in [0.5, 0.6) is 0 Å². The Kier molecular flexibility index (Phi) is 4.79. The van der Waals surface area contributed by atoms with Crippen molar-refractivity contribution in [2.75, 3.05) is 7.05 Å². The van der Waals surface area contributed by atoms with Crippen LogP contribution in [0.2, 0.25) is 0 Å². The number of carbonyl (C=O) groups is 1. The van der Waals surface area contributed by atoms with Gasteiger partial charge in [-0.15, -0.1) is 0 Å². The van der Waals surface area contributed by atoms with Crippen molar-refractivity contribution in [1.29, 1.82) is 0 Å². The van der Waals surface area contributed by atoms with Crippen molar-refractivity contribution in [1.82, 2.24) is 15.1 Å². The molecule has 19 heavy (non-hydrogen) atoms. The molecule has 0 bridgehead atoms. The average Bonchev–Trinajstić information content (AvgIpc) is 2.81. The van der Waals surface area contributed by atoms with Crippen LogP contribution in [0.15, 0.2) is 10.7 Å². The molecule has 1 saturated carbocycles. The lowest BCUT2D eigenvalue weighted by molar-refractivity contribution is 0.0903. The molecule has 2 rings (SSSR count). The second-order valence-corrected chi connectivity index (χ2v) is 6.20. The van der Waals surface area contributed by atoms with Crippen molar-refractivity contribution in [2.45, 2.75) is 57.5 Å². The number of nitrogens with one attached hydrogen (secondary N) is 1. The number of carbonyl (C=O) groups excluding carboxylic acids is 1. The van der Waals surface area contributed by atoms with Crippen molar-refractivity contribution in [3.63, 3.8) is 0 Å². The summed E-state index contributed by atoms with van der Waals surface area (Å²) in [5.74, 6) is 0.183. The number of Topliss-reactive ketones (excluding diaryl/α,β-unsaturated/α-hetero) is 1. The highest BCUT2D eigenvalue weighted by atomic mass is 79.9. The van der Waals surface area contributed by atoms with Gasteiger partial charge in [-0.2, -0.15) is 5.10 Å². The number of aryl methyl sites for hydroxylation is 1. The van der Waals surface area contributed by atoms with Crippen LogP contribution in [0, 0.1) is 0 Å². The van der Waals surface area contributed by atoms with Crippen molar-refractivity contribution in [2.24, 2.45) is 0 Å². The Balaban J connectivity index is 2.17. The molecule has 1 heterocycles. The van der Waals surface area contributed by atoms with Crippen molar-refractivity contribution in [3.05, 3.63) is 16.4 Å². The zero-order valence-corrected chi connectivity index (χ0v) is 13.3. The Bertz CT molecular complexity index is 450. The monoisotopic (exact) mass is 327 g/mol. The second kappa shape index (κ2) is 6.18. The molecule has 5 heteroatoms. The summed E-state index contributed by atoms with van der Waals surface area (Å²) in [5.41, 5.74) is 0.695. The van der Waals surface area contributed by atoms with Gasteiger partial charge >= 0.3 is 0 Å². The van der Waals surface area contributed by atoms with E-state index >= 15 is 0 Å². The van der Waals surface area contributed by atoms with Crippen LogP contribution in [-0.4, -0.2) is 28.2 Å². The summed E-state index contributed by atoms with van der Waals surface area (Å²) in [6, 6.07) is 0. The van der Waals surface area contributed by atoms with E-state index in [2.05, 4.69) is 26.3 Å². The maximum Gasteiger partial charge on any atom is 0.183 e. The lowest BCUT2D eigenvalue weighted by Gasteiger charge is -2.36. The van der Waals surface area contributed by atoms with E-state index in [0.717, 1.165) is 23.9 Å². The van der Waals surface area contributed by atoms with E-state index in [1.54, 1.807) is 10.9 Å². The Hall–Kier alpha value is -0.680. The summed E-state index contributed by atoms with van der Waals surface area (Å²) >= 11 is 3.44. The van der Waals surface area contributed by atoms with Gasteiger partial charge in [0.2, 0.25) is 0 Å². The van der Waals surface area contributed by atoms with Gasteiger partial charge in [0.1, 0.15) is 5.69 Å². The van der Waals surface area contributed by atoms with Gasteiger partial charge in [-0.05, 0) is 42.7 Å². The third kappa shape index (κ3) is 3.08. The normalized spacial score (nSPS) is 18.5. The molecule has 1 aliphatic carbocycles. The van der Waals surface area contributed by atoms with Crippen LogP contribution in [0.25, 0.3) is 0 Å². The van der Waals surface area contributed by atoms with E-state index in [4.69, 9.17) is 0 Å². The molecule has 1 aromatic heterocycles. The maximum absolute atomic E-state index is 12.6. The van der Waals surface area contributed by atoms with Crippen LogP contribution in [-0.2, 0) is 6.54 Å². The van der Waals surface area contributed by atoms with Gasteiger partial charge in [-0.1, -0.05) is 19.3 Å². The highest BCUT2D eigenvalue weighted by Gasteiger charge is 2.34. The van der Waals surface area contributed by atoms with Crippen molar-refractivity contribution < 1.29 is 4.79 Å². The van der Waals surface area contributed by atoms with Crippen LogP contribution >= 0.6 is 15.9 Å². The minimum absolute atomic E-state index is 0.0163. The molecule has 1 N–H and O–H groups in total. The minimum atomic E-state index is -0.0163. The molecule has 0 aliphatic heterocycles. The molecule has 0 atom stereocenters. The first-order chi connectivity index (χ1) is 9.12. The van der Waals surface area contributed by atoms with Crippen LogP contribution in [0.1, 0.15) is 55.9 Å². The summed E-state index contributed by atoms with van der Waals surface area (Å²) in [5, 5.41) is 7.63. The smallest absolute Gasteiger partial charge is 0.183 e. The maximum atomic E-state index is 12.6. The fourth-order valence-corrected chi connectivity index (χ4v) is 3.53. The minimum Gasteiger partial charge on any atom is -0.314 e. The number of aromatic nitrogens is 2. The standard InChI is InChI=1S/C14H22BrN3O/c1-3-18-13(11(15)10-17-18)12(19)9-14(16-2)7-5-4-6-8-14/h10,16H,3-9H2,1-2H3. The van der Waals surface area contributed by atoms with Gasteiger partial charge in [0.05, 0.1) is 10.7 Å². The number of rotatable bonds is 5. The van der Waals surface area contributed by atoms with E-state index in [1.165, 1.54) is 19.3 Å². The zero-order chi connectivity index (χ0) is 13.9. The molecule has 0 amide bonds. The number of hydrogen-bond acceptors (Lipinski definition) is 3. The van der Waals surface area contributed by atoms with Crippen LogP contribution in [0.3, 0.4) is 0 Å². The number of ketones is 1. The van der Waals surface area contributed by atoms with E-state index in [-0.39, 0.29) is 11.3 Å². The van der Waals surface area contributed by atoms with E-state index in [0.29, 0.717) is 12.1 Å². The third-order valence-electron chi connectivity index (χ3n) is 4.20. The topological polar surface area (TPSA) is 46.9 Å². The van der Waals surface area contributed by atoms with Crippen molar-refractivity contribution >= 4 is 21.7 Å². The van der Waals surface area contributed by atoms with Crippen LogP contribution in [0.4, 0.5) is 0 Å². The summed E-state index contributed by atoms with van der Waals surface area (Å²) in [7, 11) is 1.98.